The minimum atomic E-state index is -0.118. The predicted molar refractivity (Wildman–Crippen MR) is 114 cm³/mol. The van der Waals surface area contributed by atoms with Gasteiger partial charge in [-0.15, -0.1) is 0 Å². The summed E-state index contributed by atoms with van der Waals surface area (Å²) in [6.07, 6.45) is 6.23. The molecular weight excluding hydrogens is 372 g/mol. The Hall–Kier alpha value is -2.28. The summed E-state index contributed by atoms with van der Waals surface area (Å²) in [4.78, 5) is 28.2. The van der Waals surface area contributed by atoms with E-state index in [2.05, 4.69) is 22.1 Å². The summed E-state index contributed by atoms with van der Waals surface area (Å²) in [7, 11) is 0. The van der Waals surface area contributed by atoms with E-state index in [0.717, 1.165) is 10.9 Å². The second-order valence-electron chi connectivity index (χ2n) is 7.32. The number of hydrogen-bond donors (Lipinski definition) is 2. The molecule has 6 nitrogen and oxygen atoms in total. The zero-order valence-electron chi connectivity index (χ0n) is 16.7. The highest BCUT2D eigenvalue weighted by molar-refractivity contribution is 7.99. The maximum atomic E-state index is 12.4. The van der Waals surface area contributed by atoms with Crippen LogP contribution in [0.3, 0.4) is 0 Å². The summed E-state index contributed by atoms with van der Waals surface area (Å²) in [6.45, 7) is 5.63. The molecule has 7 heteroatoms. The zero-order chi connectivity index (χ0) is 20.1. The Morgan fingerprint density at radius 1 is 1.07 bits per heavy atom. The number of aryl methyl sites for hydroxylation is 1. The van der Waals surface area contributed by atoms with Crippen molar-refractivity contribution in [1.82, 2.24) is 9.55 Å². The number of imidazole rings is 1. The smallest absolute Gasteiger partial charge is 0.234 e. The molecule has 2 amide bonds. The minimum absolute atomic E-state index is 0.0641. The molecule has 0 spiro atoms. The van der Waals surface area contributed by atoms with Crippen molar-refractivity contribution < 1.29 is 9.59 Å². The summed E-state index contributed by atoms with van der Waals surface area (Å²) >= 11 is 1.50. The van der Waals surface area contributed by atoms with E-state index in [0.29, 0.717) is 23.2 Å². The molecule has 2 N–H and O–H groups in total. The molecular formula is C21H28N4O2S. The molecule has 150 valence electrons. The van der Waals surface area contributed by atoms with Crippen LogP contribution in [-0.4, -0.2) is 27.1 Å². The Balaban J connectivity index is 1.60. The lowest BCUT2D eigenvalue weighted by molar-refractivity contribution is -0.114. The van der Waals surface area contributed by atoms with Crippen LogP contribution in [0.25, 0.3) is 0 Å². The highest BCUT2D eigenvalue weighted by Gasteiger charge is 2.22. The summed E-state index contributed by atoms with van der Waals surface area (Å²) in [5.74, 6) is 0.133. The van der Waals surface area contributed by atoms with Crippen LogP contribution in [-0.2, 0) is 9.59 Å². The fourth-order valence-electron chi connectivity index (χ4n) is 3.63. The number of hydrogen-bond acceptors (Lipinski definition) is 4. The van der Waals surface area contributed by atoms with E-state index in [1.165, 1.54) is 56.5 Å². The van der Waals surface area contributed by atoms with E-state index in [1.807, 2.05) is 6.92 Å². The number of nitrogens with one attached hydrogen (secondary N) is 2. The highest BCUT2D eigenvalue weighted by atomic mass is 32.2. The van der Waals surface area contributed by atoms with Crippen molar-refractivity contribution in [2.75, 3.05) is 16.4 Å². The van der Waals surface area contributed by atoms with E-state index in [9.17, 15) is 9.59 Å². The van der Waals surface area contributed by atoms with Crippen molar-refractivity contribution in [2.24, 2.45) is 0 Å². The van der Waals surface area contributed by atoms with Crippen molar-refractivity contribution in [3.8, 4) is 0 Å². The number of benzene rings is 1. The molecule has 0 saturated heterocycles. The fraction of sp³-hybridized carbons (Fsp3) is 0.476. The van der Waals surface area contributed by atoms with E-state index < -0.39 is 0 Å². The summed E-state index contributed by atoms with van der Waals surface area (Å²) in [5, 5.41) is 6.56. The standard InChI is InChI=1S/C21H28N4O2S/c1-14-15(2)25(19-7-5-4-6-8-19)21(22-14)28-13-20(27)24-18-11-9-17(10-12-18)23-16(3)26/h9-12,19H,4-8,13H2,1-3H3,(H,23,26)(H,24,27). The molecule has 1 heterocycles. The Bertz CT molecular complexity index is 839. The topological polar surface area (TPSA) is 76.0 Å². The molecule has 0 unspecified atom stereocenters. The van der Waals surface area contributed by atoms with E-state index in [-0.39, 0.29) is 11.8 Å². The Morgan fingerprint density at radius 3 is 2.29 bits per heavy atom. The third kappa shape index (κ3) is 5.16. The molecule has 0 bridgehead atoms. The molecule has 28 heavy (non-hydrogen) atoms. The van der Waals surface area contributed by atoms with Crippen molar-refractivity contribution in [2.45, 2.75) is 64.1 Å². The van der Waals surface area contributed by atoms with Crippen LogP contribution in [0.1, 0.15) is 56.5 Å². The second kappa shape index (κ2) is 9.28. The van der Waals surface area contributed by atoms with Crippen LogP contribution in [0.2, 0.25) is 0 Å². The minimum Gasteiger partial charge on any atom is -0.326 e. The van der Waals surface area contributed by atoms with Gasteiger partial charge in [0.15, 0.2) is 5.16 Å². The molecule has 1 saturated carbocycles. The molecule has 3 rings (SSSR count). The average molecular weight is 401 g/mol. The predicted octanol–water partition coefficient (Wildman–Crippen LogP) is 4.69. The van der Waals surface area contributed by atoms with E-state index in [1.54, 1.807) is 24.3 Å². The van der Waals surface area contributed by atoms with Crippen molar-refractivity contribution in [3.63, 3.8) is 0 Å². The van der Waals surface area contributed by atoms with Crippen LogP contribution in [0.4, 0.5) is 11.4 Å². The number of nitrogens with zero attached hydrogens (tertiary/aromatic N) is 2. The Kier molecular flexibility index (Phi) is 6.78. The Labute approximate surface area is 170 Å². The van der Waals surface area contributed by atoms with E-state index >= 15 is 0 Å². The lowest BCUT2D eigenvalue weighted by Crippen LogP contribution is -2.17. The van der Waals surface area contributed by atoms with Gasteiger partial charge in [-0.25, -0.2) is 4.98 Å². The molecule has 1 aliphatic carbocycles. The van der Waals surface area contributed by atoms with Gasteiger partial charge in [0.25, 0.3) is 0 Å². The van der Waals surface area contributed by atoms with Gasteiger partial charge in [-0.1, -0.05) is 31.0 Å². The van der Waals surface area contributed by atoms with Gasteiger partial charge in [-0.05, 0) is 51.0 Å². The van der Waals surface area contributed by atoms with Gasteiger partial charge in [0.05, 0.1) is 11.4 Å². The van der Waals surface area contributed by atoms with Crippen molar-refractivity contribution >= 4 is 35.0 Å². The highest BCUT2D eigenvalue weighted by Crippen LogP contribution is 2.34. The normalized spacial score (nSPS) is 14.7. The quantitative estimate of drug-likeness (QED) is 0.690. The van der Waals surface area contributed by atoms with Crippen LogP contribution in [0.5, 0.6) is 0 Å². The van der Waals surface area contributed by atoms with Gasteiger partial charge in [0.2, 0.25) is 11.8 Å². The largest absolute Gasteiger partial charge is 0.326 e. The van der Waals surface area contributed by atoms with Gasteiger partial charge in [0.1, 0.15) is 0 Å². The maximum Gasteiger partial charge on any atom is 0.234 e. The number of carbonyl (C=O) groups excluding carboxylic acids is 2. The first kappa shape index (κ1) is 20.5. The number of thioether (sulfide) groups is 1. The lowest BCUT2D eigenvalue weighted by atomic mass is 9.95. The summed E-state index contributed by atoms with van der Waals surface area (Å²) < 4.78 is 2.34. The molecule has 1 fully saturated rings. The van der Waals surface area contributed by atoms with Crippen molar-refractivity contribution in [3.05, 3.63) is 35.7 Å². The second-order valence-corrected chi connectivity index (χ2v) is 8.26. The van der Waals surface area contributed by atoms with Gasteiger partial charge < -0.3 is 15.2 Å². The first-order chi connectivity index (χ1) is 13.4. The third-order valence-electron chi connectivity index (χ3n) is 5.12. The van der Waals surface area contributed by atoms with Crippen LogP contribution < -0.4 is 10.6 Å². The van der Waals surface area contributed by atoms with Crippen molar-refractivity contribution in [1.29, 1.82) is 0 Å². The van der Waals surface area contributed by atoms with Gasteiger partial charge in [0, 0.05) is 30.0 Å². The van der Waals surface area contributed by atoms with Crippen LogP contribution in [0, 0.1) is 13.8 Å². The number of anilines is 2. The maximum absolute atomic E-state index is 12.4. The molecule has 1 aliphatic rings. The fourth-order valence-corrected chi connectivity index (χ4v) is 4.59. The van der Waals surface area contributed by atoms with Crippen LogP contribution >= 0.6 is 11.8 Å². The summed E-state index contributed by atoms with van der Waals surface area (Å²) in [5.41, 5.74) is 3.67. The molecule has 0 atom stereocenters. The zero-order valence-corrected chi connectivity index (χ0v) is 17.6. The third-order valence-corrected chi connectivity index (χ3v) is 6.07. The first-order valence-electron chi connectivity index (χ1n) is 9.80. The SMILES string of the molecule is CC(=O)Nc1ccc(NC(=O)CSc2nc(C)c(C)n2C2CCCCC2)cc1. The molecule has 0 aliphatic heterocycles. The average Bonchev–Trinajstić information content (AvgIpc) is 2.96. The molecule has 1 aromatic heterocycles. The van der Waals surface area contributed by atoms with Gasteiger partial charge in [-0.2, -0.15) is 0 Å². The number of rotatable bonds is 6. The molecule has 2 aromatic rings. The first-order valence-corrected chi connectivity index (χ1v) is 10.8. The van der Waals surface area contributed by atoms with E-state index in [4.69, 9.17) is 4.98 Å². The lowest BCUT2D eigenvalue weighted by Gasteiger charge is -2.26. The summed E-state index contributed by atoms with van der Waals surface area (Å²) in [6, 6.07) is 7.61. The van der Waals surface area contributed by atoms with Crippen LogP contribution in [0.15, 0.2) is 29.4 Å². The number of aromatic nitrogens is 2. The number of carbonyl (C=O) groups is 2. The van der Waals surface area contributed by atoms with Gasteiger partial charge >= 0.3 is 0 Å². The van der Waals surface area contributed by atoms with Gasteiger partial charge in [-0.3, -0.25) is 9.59 Å². The molecule has 0 radical (unpaired) electrons. The Morgan fingerprint density at radius 2 is 1.68 bits per heavy atom. The monoisotopic (exact) mass is 400 g/mol. The number of amides is 2. The molecule has 1 aromatic carbocycles.